The van der Waals surface area contributed by atoms with Crippen LogP contribution in [0.25, 0.3) is 0 Å². The Morgan fingerprint density at radius 1 is 1.28 bits per heavy atom. The Balaban J connectivity index is 1.88. The third kappa shape index (κ3) is 1.96. The van der Waals surface area contributed by atoms with Crippen LogP contribution in [-0.4, -0.2) is 5.91 Å². The summed E-state index contributed by atoms with van der Waals surface area (Å²) in [6.45, 7) is 0. The fourth-order valence-electron chi connectivity index (χ4n) is 1.53. The molecular formula is C11H6ClN3O2S. The van der Waals surface area contributed by atoms with Crippen LogP contribution in [-0.2, 0) is 11.4 Å². The van der Waals surface area contributed by atoms with Gasteiger partial charge in [0.25, 0.3) is 5.91 Å². The van der Waals surface area contributed by atoms with E-state index in [1.54, 1.807) is 12.1 Å². The van der Waals surface area contributed by atoms with Gasteiger partial charge in [0.05, 0.1) is 17.0 Å². The molecule has 1 amide bonds. The highest BCUT2D eigenvalue weighted by atomic mass is 35.5. The maximum absolute atomic E-state index is 11.9. The second-order valence-corrected chi connectivity index (χ2v) is 4.40. The van der Waals surface area contributed by atoms with Crippen molar-refractivity contribution in [1.29, 1.82) is 0 Å². The molecule has 2 heterocycles. The molecule has 1 aliphatic rings. The van der Waals surface area contributed by atoms with Gasteiger partial charge < -0.3 is 9.73 Å². The summed E-state index contributed by atoms with van der Waals surface area (Å²) in [7, 11) is 0. The summed E-state index contributed by atoms with van der Waals surface area (Å²) < 4.78 is 13.3. The van der Waals surface area contributed by atoms with Gasteiger partial charge >= 0.3 is 0 Å². The second kappa shape index (κ2) is 4.40. The van der Waals surface area contributed by atoms with Crippen molar-refractivity contribution in [3.05, 3.63) is 41.3 Å². The summed E-state index contributed by atoms with van der Waals surface area (Å²) in [5.41, 5.74) is 2.00. The van der Waals surface area contributed by atoms with E-state index < -0.39 is 0 Å². The van der Waals surface area contributed by atoms with Crippen LogP contribution in [0.4, 0.5) is 17.1 Å². The summed E-state index contributed by atoms with van der Waals surface area (Å²) in [5.74, 6) is -0.220. The Morgan fingerprint density at radius 3 is 2.94 bits per heavy atom. The lowest BCUT2D eigenvalue weighted by molar-refractivity contribution is 0.0997. The normalized spacial score (nSPS) is 12.1. The Hall–Kier alpha value is -1.92. The van der Waals surface area contributed by atoms with Crippen LogP contribution in [0.3, 0.4) is 0 Å². The smallest absolute Gasteiger partial charge is 0.291 e. The molecule has 0 saturated heterocycles. The van der Waals surface area contributed by atoms with E-state index in [0.717, 1.165) is 17.0 Å². The summed E-state index contributed by atoms with van der Waals surface area (Å²) >= 11 is 6.72. The first-order chi connectivity index (χ1) is 8.74. The average Bonchev–Trinajstić information content (AvgIpc) is 2.97. The standard InChI is InChI=1S/C11H6ClN3O2S/c12-9-5-4-8(17-9)11(16)13-6-2-1-3-7-10(6)15-18-14-7/h1-5H,(H,13,16). The van der Waals surface area contributed by atoms with Crippen LogP contribution in [0.1, 0.15) is 10.6 Å². The van der Waals surface area contributed by atoms with Gasteiger partial charge in [0, 0.05) is 0 Å². The number of fused-ring (bicyclic) bond motifs is 1. The summed E-state index contributed by atoms with van der Waals surface area (Å²) in [5, 5.41) is 2.89. The molecule has 5 nitrogen and oxygen atoms in total. The molecular weight excluding hydrogens is 274 g/mol. The molecule has 1 N–H and O–H groups in total. The number of anilines is 1. The van der Waals surface area contributed by atoms with Gasteiger partial charge in [-0.25, -0.2) is 0 Å². The monoisotopic (exact) mass is 279 g/mol. The summed E-state index contributed by atoms with van der Waals surface area (Å²) in [6, 6.07) is 8.41. The van der Waals surface area contributed by atoms with Crippen LogP contribution in [0, 0.1) is 0 Å². The molecule has 0 atom stereocenters. The lowest BCUT2D eigenvalue weighted by Gasteiger charge is -2.05. The lowest BCUT2D eigenvalue weighted by atomic mass is 10.2. The molecule has 3 rings (SSSR count). The predicted molar refractivity (Wildman–Crippen MR) is 69.7 cm³/mol. The Morgan fingerprint density at radius 2 is 2.17 bits per heavy atom. The number of hydrogen-bond acceptors (Lipinski definition) is 4. The molecule has 0 saturated carbocycles. The van der Waals surface area contributed by atoms with Gasteiger partial charge in [0.15, 0.2) is 11.0 Å². The van der Waals surface area contributed by atoms with Gasteiger partial charge in [-0.3, -0.25) is 4.79 Å². The van der Waals surface area contributed by atoms with Crippen LogP contribution in [0.2, 0.25) is 5.22 Å². The number of nitrogens with zero attached hydrogens (tertiary/aromatic N) is 2. The highest BCUT2D eigenvalue weighted by Crippen LogP contribution is 2.38. The second-order valence-electron chi connectivity index (χ2n) is 3.50. The first kappa shape index (κ1) is 11.2. The molecule has 0 aliphatic carbocycles. The van der Waals surface area contributed by atoms with Crippen LogP contribution >= 0.6 is 11.6 Å². The Kier molecular flexibility index (Phi) is 2.73. The molecule has 1 aromatic carbocycles. The Labute approximate surface area is 111 Å². The van der Waals surface area contributed by atoms with Gasteiger partial charge in [0.1, 0.15) is 11.4 Å². The highest BCUT2D eigenvalue weighted by molar-refractivity contribution is 7.58. The molecule has 18 heavy (non-hydrogen) atoms. The van der Waals surface area contributed by atoms with Gasteiger partial charge in [-0.05, 0) is 35.9 Å². The zero-order chi connectivity index (χ0) is 12.5. The van der Waals surface area contributed by atoms with Gasteiger partial charge in [-0.2, -0.15) is 8.73 Å². The predicted octanol–water partition coefficient (Wildman–Crippen LogP) is 3.91. The minimum Gasteiger partial charge on any atom is -0.440 e. The van der Waals surface area contributed by atoms with Crippen molar-refractivity contribution in [1.82, 2.24) is 0 Å². The lowest BCUT2D eigenvalue weighted by Crippen LogP contribution is -2.10. The first-order valence-corrected chi connectivity index (χ1v) is 6.13. The van der Waals surface area contributed by atoms with E-state index in [1.165, 1.54) is 12.1 Å². The minimum absolute atomic E-state index is 0.153. The van der Waals surface area contributed by atoms with Crippen LogP contribution in [0.15, 0.2) is 43.5 Å². The molecule has 0 bridgehead atoms. The van der Waals surface area contributed by atoms with Crippen molar-refractivity contribution >= 4 is 45.9 Å². The molecule has 90 valence electrons. The number of rotatable bonds is 2. The minimum atomic E-state index is -0.373. The quantitative estimate of drug-likeness (QED) is 0.773. The number of furan rings is 1. The van der Waals surface area contributed by atoms with E-state index in [0.29, 0.717) is 11.4 Å². The van der Waals surface area contributed by atoms with Gasteiger partial charge in [-0.1, -0.05) is 6.07 Å². The number of hydrogen-bond donors (Lipinski definition) is 1. The summed E-state index contributed by atoms with van der Waals surface area (Å²) in [4.78, 5) is 11.9. The van der Waals surface area contributed by atoms with E-state index in [4.69, 9.17) is 16.0 Å². The maximum Gasteiger partial charge on any atom is 0.291 e. The third-order valence-electron chi connectivity index (χ3n) is 2.33. The number of amides is 1. The molecule has 2 aromatic rings. The number of benzene rings is 1. The van der Waals surface area contributed by atoms with Crippen LogP contribution < -0.4 is 5.32 Å². The SMILES string of the molecule is O=C(Nc1cccc2c1N=S=N2)c1ccc(Cl)o1. The molecule has 1 aromatic heterocycles. The van der Waals surface area contributed by atoms with E-state index in [1.807, 2.05) is 6.07 Å². The molecule has 0 radical (unpaired) electrons. The zero-order valence-electron chi connectivity index (χ0n) is 8.88. The number of carbonyl (C=O) groups is 1. The van der Waals surface area contributed by atoms with Gasteiger partial charge in [-0.15, -0.1) is 0 Å². The van der Waals surface area contributed by atoms with E-state index in [2.05, 4.69) is 14.0 Å². The number of halogens is 1. The fourth-order valence-corrected chi connectivity index (χ4v) is 2.22. The third-order valence-corrected chi connectivity index (χ3v) is 3.08. The van der Waals surface area contributed by atoms with Gasteiger partial charge in [0.2, 0.25) is 0 Å². The molecule has 0 spiro atoms. The average molecular weight is 280 g/mol. The van der Waals surface area contributed by atoms with Crippen LogP contribution in [0.5, 0.6) is 0 Å². The number of nitrogens with one attached hydrogen (secondary N) is 1. The molecule has 7 heteroatoms. The van der Waals surface area contributed by atoms with Crippen molar-refractivity contribution in [2.24, 2.45) is 8.73 Å². The van der Waals surface area contributed by atoms with Crippen molar-refractivity contribution in [3.63, 3.8) is 0 Å². The molecule has 0 unspecified atom stereocenters. The van der Waals surface area contributed by atoms with E-state index >= 15 is 0 Å². The largest absolute Gasteiger partial charge is 0.440 e. The fraction of sp³-hybridized carbons (Fsp3) is 0. The van der Waals surface area contributed by atoms with Crippen molar-refractivity contribution in [2.75, 3.05) is 5.32 Å². The number of carbonyl (C=O) groups excluding carboxylic acids is 1. The van der Waals surface area contributed by atoms with Crippen molar-refractivity contribution < 1.29 is 9.21 Å². The highest BCUT2D eigenvalue weighted by Gasteiger charge is 2.15. The first-order valence-electron chi connectivity index (χ1n) is 5.02. The summed E-state index contributed by atoms with van der Waals surface area (Å²) in [6.07, 6.45) is 0. The topological polar surface area (TPSA) is 67.0 Å². The Bertz CT molecular complexity index is 704. The van der Waals surface area contributed by atoms with Crippen molar-refractivity contribution in [3.8, 4) is 0 Å². The van der Waals surface area contributed by atoms with E-state index in [9.17, 15) is 4.79 Å². The zero-order valence-corrected chi connectivity index (χ0v) is 10.5. The van der Waals surface area contributed by atoms with E-state index in [-0.39, 0.29) is 16.9 Å². The molecule has 0 fully saturated rings. The maximum atomic E-state index is 11.9. The molecule has 1 aliphatic heterocycles. The van der Waals surface area contributed by atoms with Crippen molar-refractivity contribution in [2.45, 2.75) is 0 Å².